The second-order valence-corrected chi connectivity index (χ2v) is 7.21. The maximum absolute atomic E-state index is 12.9. The van der Waals surface area contributed by atoms with Gasteiger partial charge >= 0.3 is 0 Å². The number of fused-ring (bicyclic) bond motifs is 1. The minimum Gasteiger partial charge on any atom is -0.479 e. The number of amides is 1. The highest BCUT2D eigenvalue weighted by molar-refractivity contribution is 5.79. The first-order valence-electron chi connectivity index (χ1n) is 8.54. The van der Waals surface area contributed by atoms with Crippen LogP contribution >= 0.6 is 0 Å². The molecule has 2 aliphatic rings. The van der Waals surface area contributed by atoms with Crippen LogP contribution in [0.25, 0.3) is 0 Å². The maximum atomic E-state index is 12.9. The molecule has 2 atom stereocenters. The van der Waals surface area contributed by atoms with Crippen LogP contribution in [0.15, 0.2) is 24.3 Å². The van der Waals surface area contributed by atoms with Crippen molar-refractivity contribution in [1.82, 2.24) is 4.90 Å². The van der Waals surface area contributed by atoms with Gasteiger partial charge in [-0.15, -0.1) is 0 Å². The first-order valence-corrected chi connectivity index (χ1v) is 8.54. The molecule has 128 valence electrons. The largest absolute Gasteiger partial charge is 0.479 e. The van der Waals surface area contributed by atoms with E-state index in [-0.39, 0.29) is 30.3 Å². The first kappa shape index (κ1) is 16.8. The van der Waals surface area contributed by atoms with E-state index in [1.807, 2.05) is 29.2 Å². The van der Waals surface area contributed by atoms with Crippen molar-refractivity contribution in [2.75, 3.05) is 13.2 Å². The number of hydrogen-bond donors (Lipinski definition) is 0. The second-order valence-electron chi connectivity index (χ2n) is 7.21. The van der Waals surface area contributed by atoms with Crippen molar-refractivity contribution in [3.63, 3.8) is 0 Å². The molecule has 2 fully saturated rings. The van der Waals surface area contributed by atoms with E-state index in [1.54, 1.807) is 6.07 Å². The molecule has 0 N–H and O–H groups in total. The first-order chi connectivity index (χ1) is 11.5. The Morgan fingerprint density at radius 1 is 1.46 bits per heavy atom. The summed E-state index contributed by atoms with van der Waals surface area (Å²) in [6, 6.07) is 9.59. The van der Waals surface area contributed by atoms with Gasteiger partial charge in [-0.2, -0.15) is 5.26 Å². The molecule has 5 heteroatoms. The van der Waals surface area contributed by atoms with Crippen LogP contribution in [0, 0.1) is 11.3 Å². The van der Waals surface area contributed by atoms with Gasteiger partial charge in [-0.1, -0.05) is 12.1 Å². The Bertz CT molecular complexity index is 650. The molecule has 0 aromatic heterocycles. The van der Waals surface area contributed by atoms with Crippen molar-refractivity contribution in [3.05, 3.63) is 29.8 Å². The van der Waals surface area contributed by atoms with Gasteiger partial charge in [-0.05, 0) is 50.8 Å². The van der Waals surface area contributed by atoms with E-state index < -0.39 is 0 Å². The molecule has 1 saturated carbocycles. The number of hydrogen-bond acceptors (Lipinski definition) is 4. The molecule has 3 rings (SSSR count). The third kappa shape index (κ3) is 3.70. The van der Waals surface area contributed by atoms with Crippen molar-refractivity contribution >= 4 is 5.91 Å². The van der Waals surface area contributed by atoms with E-state index in [4.69, 9.17) is 14.7 Å². The quantitative estimate of drug-likeness (QED) is 0.852. The van der Waals surface area contributed by atoms with Gasteiger partial charge < -0.3 is 14.4 Å². The molecule has 5 nitrogen and oxygen atoms in total. The molecule has 1 aromatic rings. The molecular formula is C19H24N2O3. The summed E-state index contributed by atoms with van der Waals surface area (Å²) in [5, 5.41) is 8.60. The Morgan fingerprint density at radius 2 is 2.29 bits per heavy atom. The molecule has 1 heterocycles. The van der Waals surface area contributed by atoms with Gasteiger partial charge in [0.1, 0.15) is 11.8 Å². The molecule has 0 unspecified atom stereocenters. The Kier molecular flexibility index (Phi) is 4.77. The third-order valence-corrected chi connectivity index (χ3v) is 4.72. The van der Waals surface area contributed by atoms with Crippen molar-refractivity contribution in [1.29, 1.82) is 5.26 Å². The lowest BCUT2D eigenvalue weighted by Gasteiger charge is -2.46. The highest BCUT2D eigenvalue weighted by atomic mass is 16.5. The number of rotatable bonds is 4. The zero-order valence-electron chi connectivity index (χ0n) is 14.3. The van der Waals surface area contributed by atoms with Crippen molar-refractivity contribution in [3.8, 4) is 11.8 Å². The number of morpholine rings is 1. The lowest BCUT2D eigenvalue weighted by Crippen LogP contribution is -2.58. The van der Waals surface area contributed by atoms with E-state index >= 15 is 0 Å². The van der Waals surface area contributed by atoms with Gasteiger partial charge in [-0.3, -0.25) is 4.79 Å². The lowest BCUT2D eigenvalue weighted by atomic mass is 9.99. The average molecular weight is 328 g/mol. The zero-order valence-corrected chi connectivity index (χ0v) is 14.3. The van der Waals surface area contributed by atoms with Gasteiger partial charge in [0.2, 0.25) is 5.91 Å². The van der Waals surface area contributed by atoms with E-state index in [0.717, 1.165) is 24.8 Å². The number of carbonyl (C=O) groups is 1. The minimum absolute atomic E-state index is 0.0127. The summed E-state index contributed by atoms with van der Waals surface area (Å²) in [7, 11) is 0. The number of benzene rings is 1. The van der Waals surface area contributed by atoms with Crippen molar-refractivity contribution < 1.29 is 14.3 Å². The van der Waals surface area contributed by atoms with Crippen LogP contribution in [0.2, 0.25) is 0 Å². The third-order valence-electron chi connectivity index (χ3n) is 4.72. The Hall–Kier alpha value is -2.06. The summed E-state index contributed by atoms with van der Waals surface area (Å²) in [4.78, 5) is 14.9. The van der Waals surface area contributed by atoms with Gasteiger partial charge in [0.25, 0.3) is 0 Å². The topological polar surface area (TPSA) is 62.6 Å². The highest BCUT2D eigenvalue weighted by Gasteiger charge is 2.44. The minimum atomic E-state index is -0.293. The Balaban J connectivity index is 1.71. The lowest BCUT2D eigenvalue weighted by molar-refractivity contribution is -0.171. The number of nitriles is 1. The van der Waals surface area contributed by atoms with Crippen LogP contribution in [0.5, 0.6) is 5.75 Å². The molecular weight excluding hydrogens is 304 g/mol. The molecule has 1 amide bonds. The van der Waals surface area contributed by atoms with E-state index in [2.05, 4.69) is 13.8 Å². The predicted octanol–water partition coefficient (Wildman–Crippen LogP) is 2.69. The van der Waals surface area contributed by atoms with Gasteiger partial charge in [0.15, 0.2) is 6.61 Å². The van der Waals surface area contributed by atoms with Crippen LogP contribution in [-0.4, -0.2) is 41.7 Å². The molecule has 0 spiro atoms. The molecule has 0 bridgehead atoms. The summed E-state index contributed by atoms with van der Waals surface area (Å²) in [6.45, 7) is 4.76. The van der Waals surface area contributed by atoms with Gasteiger partial charge in [-0.25, -0.2) is 0 Å². The van der Waals surface area contributed by atoms with E-state index in [9.17, 15) is 4.79 Å². The van der Waals surface area contributed by atoms with Crippen molar-refractivity contribution in [2.45, 2.75) is 57.3 Å². The van der Waals surface area contributed by atoms with Crippen LogP contribution in [0.1, 0.15) is 38.7 Å². The predicted molar refractivity (Wildman–Crippen MR) is 89.6 cm³/mol. The Morgan fingerprint density at radius 3 is 3.08 bits per heavy atom. The SMILES string of the molecule is CC1(C)CN(C(=O)Cc2cccc(OCC#N)c2)[C@@H]2CCC[C@H]2O1. The molecule has 24 heavy (non-hydrogen) atoms. The maximum Gasteiger partial charge on any atom is 0.227 e. The zero-order chi connectivity index (χ0) is 17.2. The Labute approximate surface area is 143 Å². The molecule has 1 aliphatic heterocycles. The summed E-state index contributed by atoms with van der Waals surface area (Å²) in [6.07, 6.45) is 3.70. The van der Waals surface area contributed by atoms with Gasteiger partial charge in [0.05, 0.1) is 24.2 Å². The standard InChI is InChI=1S/C19H24N2O3/c1-19(2)13-21(16-7-4-8-17(16)24-19)18(22)12-14-5-3-6-15(11-14)23-10-9-20/h3,5-6,11,16-17H,4,7-8,10,12-13H2,1-2H3/t16-,17-/m1/s1. The van der Waals surface area contributed by atoms with E-state index in [1.165, 1.54) is 0 Å². The van der Waals surface area contributed by atoms with Crippen LogP contribution in [0.4, 0.5) is 0 Å². The van der Waals surface area contributed by atoms with Crippen LogP contribution in [-0.2, 0) is 16.0 Å². The van der Waals surface area contributed by atoms with Crippen LogP contribution < -0.4 is 4.74 Å². The second kappa shape index (κ2) is 6.82. The number of carbonyl (C=O) groups excluding carboxylic acids is 1. The average Bonchev–Trinajstić information content (AvgIpc) is 2.99. The molecule has 0 radical (unpaired) electrons. The smallest absolute Gasteiger partial charge is 0.227 e. The molecule has 1 aromatic carbocycles. The summed E-state index contributed by atoms with van der Waals surface area (Å²) >= 11 is 0. The summed E-state index contributed by atoms with van der Waals surface area (Å²) in [5.41, 5.74) is 0.619. The summed E-state index contributed by atoms with van der Waals surface area (Å²) in [5.74, 6) is 0.767. The number of nitrogens with zero attached hydrogens (tertiary/aromatic N) is 2. The fourth-order valence-electron chi connectivity index (χ4n) is 3.79. The van der Waals surface area contributed by atoms with Crippen molar-refractivity contribution in [2.24, 2.45) is 0 Å². The van der Waals surface area contributed by atoms with Gasteiger partial charge in [0, 0.05) is 6.54 Å². The van der Waals surface area contributed by atoms with E-state index in [0.29, 0.717) is 18.7 Å². The summed E-state index contributed by atoms with van der Waals surface area (Å²) < 4.78 is 11.5. The fourth-order valence-corrected chi connectivity index (χ4v) is 3.79. The highest BCUT2D eigenvalue weighted by Crippen LogP contribution is 2.36. The number of ether oxygens (including phenoxy) is 2. The monoisotopic (exact) mass is 328 g/mol. The molecule has 1 saturated heterocycles. The normalized spacial score (nSPS) is 25.0. The fraction of sp³-hybridized carbons (Fsp3) is 0.579. The van der Waals surface area contributed by atoms with Crippen LogP contribution in [0.3, 0.4) is 0 Å². The molecule has 1 aliphatic carbocycles.